The van der Waals surface area contributed by atoms with Gasteiger partial charge in [-0.3, -0.25) is 4.90 Å². The van der Waals surface area contributed by atoms with Crippen LogP contribution in [0.2, 0.25) is 0 Å². The number of benzene rings is 1. The minimum atomic E-state index is -0.00635. The first-order valence-corrected chi connectivity index (χ1v) is 8.94. The Hall–Kier alpha value is -2.13. The molecule has 1 atom stereocenters. The largest absolute Gasteiger partial charge is 0.469 e. The second kappa shape index (κ2) is 5.45. The van der Waals surface area contributed by atoms with Crippen LogP contribution in [0.4, 0.5) is 0 Å². The van der Waals surface area contributed by atoms with Gasteiger partial charge in [0, 0.05) is 30.6 Å². The molecule has 122 valence electrons. The third-order valence-electron chi connectivity index (χ3n) is 5.83. The van der Waals surface area contributed by atoms with E-state index in [-0.39, 0.29) is 5.60 Å². The summed E-state index contributed by atoms with van der Waals surface area (Å²) in [5, 5.41) is 0. The highest BCUT2D eigenvalue weighted by Gasteiger charge is 2.52. The van der Waals surface area contributed by atoms with Gasteiger partial charge in [0.15, 0.2) is 0 Å². The number of ether oxygens (including phenoxy) is 1. The Labute approximate surface area is 143 Å². The minimum Gasteiger partial charge on any atom is -0.469 e. The molecular formula is C21H22N2O. The molecule has 2 bridgehead atoms. The van der Waals surface area contributed by atoms with E-state index in [1.165, 1.54) is 37.1 Å². The maximum Gasteiger partial charge on any atom is 0.217 e. The number of pyridine rings is 1. The van der Waals surface area contributed by atoms with Crippen LogP contribution in [0.1, 0.15) is 29.5 Å². The van der Waals surface area contributed by atoms with Crippen molar-refractivity contribution in [1.82, 2.24) is 9.88 Å². The third-order valence-corrected chi connectivity index (χ3v) is 5.83. The summed E-state index contributed by atoms with van der Waals surface area (Å²) in [7, 11) is 0. The number of nitrogens with zero attached hydrogens (tertiary/aromatic N) is 2. The van der Waals surface area contributed by atoms with Gasteiger partial charge in [0.2, 0.25) is 5.88 Å². The van der Waals surface area contributed by atoms with Gasteiger partial charge in [-0.05, 0) is 43.1 Å². The van der Waals surface area contributed by atoms with E-state index in [1.54, 1.807) is 0 Å². The van der Waals surface area contributed by atoms with Gasteiger partial charge in [0.1, 0.15) is 5.60 Å². The van der Waals surface area contributed by atoms with Gasteiger partial charge in [-0.15, -0.1) is 0 Å². The van der Waals surface area contributed by atoms with Crippen molar-refractivity contribution in [2.75, 3.05) is 19.6 Å². The first-order valence-electron chi connectivity index (χ1n) is 8.94. The molecule has 4 aliphatic rings. The Morgan fingerprint density at radius 2 is 1.88 bits per heavy atom. The molecule has 3 fully saturated rings. The van der Waals surface area contributed by atoms with Crippen LogP contribution in [0.25, 0.3) is 12.2 Å². The average Bonchev–Trinajstić information content (AvgIpc) is 2.98. The fraction of sp³-hybridized carbons (Fsp3) is 0.381. The number of hydrogen-bond donors (Lipinski definition) is 0. The molecule has 24 heavy (non-hydrogen) atoms. The topological polar surface area (TPSA) is 25.4 Å². The molecule has 0 aliphatic carbocycles. The fourth-order valence-corrected chi connectivity index (χ4v) is 4.57. The number of hydrogen-bond acceptors (Lipinski definition) is 3. The molecule has 3 saturated heterocycles. The van der Waals surface area contributed by atoms with E-state index in [0.717, 1.165) is 24.4 Å². The molecule has 0 radical (unpaired) electrons. The van der Waals surface area contributed by atoms with Gasteiger partial charge in [-0.1, -0.05) is 42.5 Å². The molecule has 0 N–H and O–H groups in total. The predicted octanol–water partition coefficient (Wildman–Crippen LogP) is 3.65. The summed E-state index contributed by atoms with van der Waals surface area (Å²) in [6, 6.07) is 12.6. The maximum atomic E-state index is 6.41. The Balaban J connectivity index is 1.39. The van der Waals surface area contributed by atoms with Crippen molar-refractivity contribution in [3.63, 3.8) is 0 Å². The minimum absolute atomic E-state index is 0.00635. The van der Waals surface area contributed by atoms with E-state index < -0.39 is 0 Å². The summed E-state index contributed by atoms with van der Waals surface area (Å²) in [5.74, 6) is 1.56. The van der Waals surface area contributed by atoms with E-state index in [2.05, 4.69) is 52.4 Å². The smallest absolute Gasteiger partial charge is 0.217 e. The summed E-state index contributed by atoms with van der Waals surface area (Å²) < 4.78 is 6.41. The lowest BCUT2D eigenvalue weighted by Crippen LogP contribution is -2.61. The van der Waals surface area contributed by atoms with Gasteiger partial charge in [-0.25, -0.2) is 4.98 Å². The highest BCUT2D eigenvalue weighted by Crippen LogP contribution is 2.46. The fourth-order valence-electron chi connectivity index (χ4n) is 4.57. The molecule has 2 aromatic rings. The number of rotatable bonds is 2. The van der Waals surface area contributed by atoms with Gasteiger partial charge in [-0.2, -0.15) is 0 Å². The van der Waals surface area contributed by atoms with Crippen LogP contribution in [-0.2, 0) is 6.42 Å². The van der Waals surface area contributed by atoms with Gasteiger partial charge < -0.3 is 4.74 Å². The molecule has 1 spiro atoms. The molecule has 0 amide bonds. The highest BCUT2D eigenvalue weighted by molar-refractivity contribution is 5.69. The molecule has 3 nitrogen and oxygen atoms in total. The zero-order valence-corrected chi connectivity index (χ0v) is 13.8. The lowest BCUT2D eigenvalue weighted by atomic mass is 9.73. The summed E-state index contributed by atoms with van der Waals surface area (Å²) in [5.41, 5.74) is 3.63. The Morgan fingerprint density at radius 1 is 1.08 bits per heavy atom. The van der Waals surface area contributed by atoms with Crippen LogP contribution >= 0.6 is 0 Å². The van der Waals surface area contributed by atoms with E-state index in [4.69, 9.17) is 4.74 Å². The number of piperidine rings is 3. The van der Waals surface area contributed by atoms with Gasteiger partial charge in [0.05, 0.1) is 0 Å². The summed E-state index contributed by atoms with van der Waals surface area (Å²) in [6.45, 7) is 3.55. The van der Waals surface area contributed by atoms with Crippen molar-refractivity contribution in [3.8, 4) is 5.88 Å². The Bertz CT molecular complexity index is 778. The molecule has 4 aliphatic heterocycles. The SMILES string of the molecule is C(=Cc1cnc2c(c1)C[C@]1(CN3CCC1CC3)O2)c1ccccc1. The molecule has 0 unspecified atom stereocenters. The first-order chi connectivity index (χ1) is 11.8. The molecule has 6 rings (SSSR count). The monoisotopic (exact) mass is 318 g/mol. The van der Waals surface area contributed by atoms with E-state index in [9.17, 15) is 0 Å². The van der Waals surface area contributed by atoms with Gasteiger partial charge >= 0.3 is 0 Å². The van der Waals surface area contributed by atoms with Crippen LogP contribution in [0.3, 0.4) is 0 Å². The van der Waals surface area contributed by atoms with Crippen LogP contribution in [0.15, 0.2) is 42.6 Å². The Kier molecular flexibility index (Phi) is 3.23. The average molecular weight is 318 g/mol. The van der Waals surface area contributed by atoms with Crippen molar-refractivity contribution < 1.29 is 4.74 Å². The van der Waals surface area contributed by atoms with Crippen molar-refractivity contribution in [2.24, 2.45) is 5.92 Å². The van der Waals surface area contributed by atoms with Crippen LogP contribution in [-0.4, -0.2) is 35.1 Å². The van der Waals surface area contributed by atoms with Crippen LogP contribution in [0.5, 0.6) is 5.88 Å². The molecular weight excluding hydrogens is 296 g/mol. The van der Waals surface area contributed by atoms with Crippen molar-refractivity contribution in [3.05, 3.63) is 59.3 Å². The lowest BCUT2D eigenvalue weighted by molar-refractivity contribution is -0.0814. The molecule has 1 aromatic carbocycles. The summed E-state index contributed by atoms with van der Waals surface area (Å²) >= 11 is 0. The van der Waals surface area contributed by atoms with E-state index >= 15 is 0 Å². The van der Waals surface area contributed by atoms with Crippen molar-refractivity contribution in [1.29, 1.82) is 0 Å². The standard InChI is InChI=1S/C21H22N2O/c1-2-4-16(5-3-1)6-7-17-12-18-13-21(24-20(18)22-14-17)15-23-10-8-19(21)9-11-23/h1-7,12,14,19H,8-11,13,15H2/t21-/m1/s1. The Morgan fingerprint density at radius 3 is 2.62 bits per heavy atom. The zero-order chi connectivity index (χ0) is 16.0. The van der Waals surface area contributed by atoms with Crippen molar-refractivity contribution >= 4 is 12.2 Å². The predicted molar refractivity (Wildman–Crippen MR) is 95.8 cm³/mol. The van der Waals surface area contributed by atoms with Crippen LogP contribution < -0.4 is 4.74 Å². The summed E-state index contributed by atoms with van der Waals surface area (Å²) in [6.07, 6.45) is 9.78. The van der Waals surface area contributed by atoms with E-state index in [0.29, 0.717) is 5.92 Å². The zero-order valence-electron chi connectivity index (χ0n) is 13.8. The van der Waals surface area contributed by atoms with E-state index in [1.807, 2.05) is 12.3 Å². The number of fused-ring (bicyclic) bond motifs is 3. The summed E-state index contributed by atoms with van der Waals surface area (Å²) in [4.78, 5) is 7.17. The third kappa shape index (κ3) is 2.35. The quantitative estimate of drug-likeness (QED) is 0.845. The van der Waals surface area contributed by atoms with Crippen molar-refractivity contribution in [2.45, 2.75) is 24.9 Å². The second-order valence-electron chi connectivity index (χ2n) is 7.37. The molecule has 1 aromatic heterocycles. The lowest BCUT2D eigenvalue weighted by Gasteiger charge is -2.50. The molecule has 5 heterocycles. The maximum absolute atomic E-state index is 6.41. The first kappa shape index (κ1) is 14.2. The molecule has 3 heteroatoms. The molecule has 0 saturated carbocycles. The number of aromatic nitrogens is 1. The van der Waals surface area contributed by atoms with Crippen LogP contribution in [0, 0.1) is 5.92 Å². The normalized spacial score (nSPS) is 30.7. The second-order valence-corrected chi connectivity index (χ2v) is 7.37. The van der Waals surface area contributed by atoms with Gasteiger partial charge in [0.25, 0.3) is 0 Å². The highest BCUT2D eigenvalue weighted by atomic mass is 16.5.